The minimum atomic E-state index is 0. The molecular weight excluding hydrogens is 314 g/mol. The molecule has 2 nitrogen and oxygen atoms in total. The predicted molar refractivity (Wildman–Crippen MR) is 83.7 cm³/mol. The Morgan fingerprint density at radius 1 is 1.33 bits per heavy atom. The van der Waals surface area contributed by atoms with Gasteiger partial charge >= 0.3 is 0 Å². The molecule has 0 aliphatic carbocycles. The summed E-state index contributed by atoms with van der Waals surface area (Å²) in [5, 5.41) is 3.46. The Kier molecular flexibility index (Phi) is 9.52. The summed E-state index contributed by atoms with van der Waals surface area (Å²) in [6.45, 7) is 9.12. The van der Waals surface area contributed by atoms with Crippen LogP contribution in [-0.4, -0.2) is 13.2 Å². The van der Waals surface area contributed by atoms with Crippen LogP contribution in [0.25, 0.3) is 0 Å². The molecule has 1 N–H and O–H groups in total. The van der Waals surface area contributed by atoms with Gasteiger partial charge in [-0.1, -0.05) is 29.8 Å². The molecule has 4 heteroatoms. The van der Waals surface area contributed by atoms with E-state index in [0.717, 1.165) is 29.2 Å². The van der Waals surface area contributed by atoms with Gasteiger partial charge in [-0.2, -0.15) is 0 Å². The molecule has 0 unspecified atom stereocenters. The van der Waals surface area contributed by atoms with E-state index in [-0.39, 0.29) is 12.4 Å². The van der Waals surface area contributed by atoms with Crippen LogP contribution >= 0.6 is 28.3 Å². The number of ether oxygens (including phenoxy) is 1. The SMILES string of the molecule is CCOc1ccc(Br)cc1CNCCC(C)C.Cl. The zero-order valence-corrected chi connectivity index (χ0v) is 13.7. The first-order chi connectivity index (χ1) is 8.13. The number of rotatable bonds is 7. The van der Waals surface area contributed by atoms with E-state index in [1.54, 1.807) is 0 Å². The van der Waals surface area contributed by atoms with Crippen LogP contribution in [0.5, 0.6) is 5.75 Å². The minimum absolute atomic E-state index is 0. The monoisotopic (exact) mass is 335 g/mol. The Morgan fingerprint density at radius 2 is 2.06 bits per heavy atom. The highest BCUT2D eigenvalue weighted by molar-refractivity contribution is 9.10. The van der Waals surface area contributed by atoms with E-state index in [9.17, 15) is 0 Å². The molecule has 104 valence electrons. The quantitative estimate of drug-likeness (QED) is 0.745. The summed E-state index contributed by atoms with van der Waals surface area (Å²) in [5.74, 6) is 1.73. The summed E-state index contributed by atoms with van der Waals surface area (Å²) in [5.41, 5.74) is 1.21. The van der Waals surface area contributed by atoms with Gasteiger partial charge in [0.25, 0.3) is 0 Å². The highest BCUT2D eigenvalue weighted by atomic mass is 79.9. The second-order valence-corrected chi connectivity index (χ2v) is 5.46. The van der Waals surface area contributed by atoms with Crippen LogP contribution in [-0.2, 0) is 6.54 Å². The molecule has 0 atom stereocenters. The van der Waals surface area contributed by atoms with Crippen molar-refractivity contribution in [3.05, 3.63) is 28.2 Å². The average Bonchev–Trinajstić information content (AvgIpc) is 2.28. The van der Waals surface area contributed by atoms with Crippen molar-refractivity contribution in [1.82, 2.24) is 5.32 Å². The van der Waals surface area contributed by atoms with Gasteiger partial charge in [0.2, 0.25) is 0 Å². The third kappa shape index (κ3) is 6.62. The van der Waals surface area contributed by atoms with E-state index >= 15 is 0 Å². The van der Waals surface area contributed by atoms with Crippen molar-refractivity contribution in [3.8, 4) is 5.75 Å². The molecule has 0 amide bonds. The lowest BCUT2D eigenvalue weighted by Gasteiger charge is -2.12. The predicted octanol–water partition coefficient (Wildman–Crippen LogP) is 4.41. The summed E-state index contributed by atoms with van der Waals surface area (Å²) < 4.78 is 6.71. The molecule has 0 heterocycles. The van der Waals surface area contributed by atoms with Gasteiger partial charge in [0.15, 0.2) is 0 Å². The van der Waals surface area contributed by atoms with Crippen molar-refractivity contribution in [2.75, 3.05) is 13.2 Å². The van der Waals surface area contributed by atoms with Gasteiger partial charge in [-0.25, -0.2) is 0 Å². The molecule has 0 radical (unpaired) electrons. The minimum Gasteiger partial charge on any atom is -0.494 e. The lowest BCUT2D eigenvalue weighted by Crippen LogP contribution is -2.17. The maximum atomic E-state index is 5.61. The molecule has 0 aromatic heterocycles. The molecule has 0 bridgehead atoms. The van der Waals surface area contributed by atoms with Crippen molar-refractivity contribution in [2.45, 2.75) is 33.7 Å². The Hall–Kier alpha value is -0.250. The first-order valence-electron chi connectivity index (χ1n) is 6.25. The molecule has 1 aromatic carbocycles. The Morgan fingerprint density at radius 3 is 2.67 bits per heavy atom. The molecule has 0 saturated heterocycles. The molecule has 1 rings (SSSR count). The van der Waals surface area contributed by atoms with Gasteiger partial charge in [-0.3, -0.25) is 0 Å². The standard InChI is InChI=1S/C14H22BrNO.ClH/c1-4-17-14-6-5-13(15)9-12(14)10-16-8-7-11(2)3;/h5-6,9,11,16H,4,7-8,10H2,1-3H3;1H. The summed E-state index contributed by atoms with van der Waals surface area (Å²) in [7, 11) is 0. The zero-order valence-electron chi connectivity index (χ0n) is 11.3. The fraction of sp³-hybridized carbons (Fsp3) is 0.571. The van der Waals surface area contributed by atoms with E-state index in [0.29, 0.717) is 6.61 Å². The molecule has 0 aliphatic rings. The second-order valence-electron chi connectivity index (χ2n) is 4.54. The average molecular weight is 337 g/mol. The number of hydrogen-bond acceptors (Lipinski definition) is 2. The van der Waals surface area contributed by atoms with Crippen LogP contribution < -0.4 is 10.1 Å². The normalized spacial score (nSPS) is 10.3. The summed E-state index contributed by atoms with van der Waals surface area (Å²) in [4.78, 5) is 0. The highest BCUT2D eigenvalue weighted by Crippen LogP contribution is 2.23. The molecule has 0 saturated carbocycles. The maximum absolute atomic E-state index is 5.61. The zero-order chi connectivity index (χ0) is 12.7. The van der Waals surface area contributed by atoms with Crippen molar-refractivity contribution < 1.29 is 4.74 Å². The first kappa shape index (κ1) is 17.8. The molecule has 0 fully saturated rings. The van der Waals surface area contributed by atoms with Crippen LogP contribution in [0.1, 0.15) is 32.8 Å². The fourth-order valence-corrected chi connectivity index (χ4v) is 2.00. The van der Waals surface area contributed by atoms with Crippen LogP contribution in [0.3, 0.4) is 0 Å². The Bertz CT molecular complexity index is 345. The maximum Gasteiger partial charge on any atom is 0.123 e. The number of benzene rings is 1. The highest BCUT2D eigenvalue weighted by Gasteiger charge is 2.04. The first-order valence-corrected chi connectivity index (χ1v) is 7.04. The Balaban J connectivity index is 0.00000289. The van der Waals surface area contributed by atoms with Crippen LogP contribution in [0.15, 0.2) is 22.7 Å². The van der Waals surface area contributed by atoms with Gasteiger partial charge in [0.1, 0.15) is 5.75 Å². The summed E-state index contributed by atoms with van der Waals surface area (Å²) in [6, 6.07) is 6.16. The van der Waals surface area contributed by atoms with Crippen molar-refractivity contribution in [1.29, 1.82) is 0 Å². The summed E-state index contributed by atoms with van der Waals surface area (Å²) >= 11 is 3.50. The molecule has 18 heavy (non-hydrogen) atoms. The molecule has 0 aliphatic heterocycles. The molecule has 0 spiro atoms. The third-order valence-corrected chi connectivity index (χ3v) is 3.03. The second kappa shape index (κ2) is 9.65. The third-order valence-electron chi connectivity index (χ3n) is 2.54. The lowest BCUT2D eigenvalue weighted by atomic mass is 10.1. The summed E-state index contributed by atoms with van der Waals surface area (Å²) in [6.07, 6.45) is 1.21. The van der Waals surface area contributed by atoms with E-state index in [4.69, 9.17) is 4.74 Å². The van der Waals surface area contributed by atoms with Crippen molar-refractivity contribution in [3.63, 3.8) is 0 Å². The van der Waals surface area contributed by atoms with Gasteiger partial charge in [0, 0.05) is 16.6 Å². The lowest BCUT2D eigenvalue weighted by molar-refractivity contribution is 0.335. The number of hydrogen-bond donors (Lipinski definition) is 1. The van der Waals surface area contributed by atoms with Gasteiger partial charge in [-0.05, 0) is 44.0 Å². The van der Waals surface area contributed by atoms with Gasteiger partial charge in [0.05, 0.1) is 6.61 Å². The Labute approximate surface area is 125 Å². The van der Waals surface area contributed by atoms with E-state index in [1.165, 1.54) is 12.0 Å². The van der Waals surface area contributed by atoms with E-state index in [1.807, 2.05) is 19.1 Å². The molecular formula is C14H23BrClNO. The largest absolute Gasteiger partial charge is 0.494 e. The van der Waals surface area contributed by atoms with Crippen LogP contribution in [0.4, 0.5) is 0 Å². The van der Waals surface area contributed by atoms with Crippen molar-refractivity contribution >= 4 is 28.3 Å². The van der Waals surface area contributed by atoms with Gasteiger partial charge in [-0.15, -0.1) is 12.4 Å². The van der Waals surface area contributed by atoms with Crippen molar-refractivity contribution in [2.24, 2.45) is 5.92 Å². The smallest absolute Gasteiger partial charge is 0.123 e. The topological polar surface area (TPSA) is 21.3 Å². The number of nitrogens with one attached hydrogen (secondary N) is 1. The number of halogens is 2. The van der Waals surface area contributed by atoms with E-state index in [2.05, 4.69) is 41.2 Å². The van der Waals surface area contributed by atoms with Gasteiger partial charge < -0.3 is 10.1 Å². The van der Waals surface area contributed by atoms with E-state index < -0.39 is 0 Å². The fourth-order valence-electron chi connectivity index (χ4n) is 1.60. The van der Waals surface area contributed by atoms with Crippen LogP contribution in [0, 0.1) is 5.92 Å². The van der Waals surface area contributed by atoms with Crippen LogP contribution in [0.2, 0.25) is 0 Å². The molecule has 1 aromatic rings.